The van der Waals surface area contributed by atoms with Crippen molar-refractivity contribution in [1.82, 2.24) is 5.32 Å². The monoisotopic (exact) mass is 237 g/mol. The van der Waals surface area contributed by atoms with Crippen molar-refractivity contribution < 1.29 is 4.39 Å². The van der Waals surface area contributed by atoms with Gasteiger partial charge in [0, 0.05) is 6.04 Å². The summed E-state index contributed by atoms with van der Waals surface area (Å²) in [5.74, 6) is 0.210. The summed E-state index contributed by atoms with van der Waals surface area (Å²) < 4.78 is 13.9. The smallest absolute Gasteiger partial charge is 0.127 e. The van der Waals surface area contributed by atoms with Gasteiger partial charge >= 0.3 is 0 Å². The summed E-state index contributed by atoms with van der Waals surface area (Å²) >= 11 is 0. The second-order valence-electron chi connectivity index (χ2n) is 5.28. The molecule has 1 rings (SSSR count). The lowest BCUT2D eigenvalue weighted by atomic mass is 9.92. The SMILES string of the molecule is Cc1cc(C)c(C(C)CCNC(C)C)c(F)c1. The largest absolute Gasteiger partial charge is 0.315 e. The van der Waals surface area contributed by atoms with Crippen molar-refractivity contribution in [3.8, 4) is 0 Å². The summed E-state index contributed by atoms with van der Waals surface area (Å²) in [5.41, 5.74) is 2.94. The third-order valence-corrected chi connectivity index (χ3v) is 3.10. The van der Waals surface area contributed by atoms with E-state index in [2.05, 4.69) is 32.2 Å². The molecule has 1 N–H and O–H groups in total. The van der Waals surface area contributed by atoms with Crippen LogP contribution in [-0.2, 0) is 0 Å². The summed E-state index contributed by atoms with van der Waals surface area (Å²) in [6.07, 6.45) is 0.971. The molecule has 1 aromatic carbocycles. The van der Waals surface area contributed by atoms with E-state index in [1.165, 1.54) is 0 Å². The molecule has 2 heteroatoms. The first-order chi connectivity index (χ1) is 7.91. The van der Waals surface area contributed by atoms with Crippen molar-refractivity contribution in [2.24, 2.45) is 0 Å². The van der Waals surface area contributed by atoms with Crippen molar-refractivity contribution >= 4 is 0 Å². The van der Waals surface area contributed by atoms with Gasteiger partial charge in [-0.1, -0.05) is 26.8 Å². The highest BCUT2D eigenvalue weighted by Crippen LogP contribution is 2.26. The molecule has 0 amide bonds. The van der Waals surface area contributed by atoms with Crippen LogP contribution in [0.1, 0.15) is 49.8 Å². The fraction of sp³-hybridized carbons (Fsp3) is 0.600. The average molecular weight is 237 g/mol. The second kappa shape index (κ2) is 6.15. The Hall–Kier alpha value is -0.890. The Kier molecular flexibility index (Phi) is 5.13. The molecule has 0 aromatic heterocycles. The molecule has 1 atom stereocenters. The van der Waals surface area contributed by atoms with E-state index in [0.717, 1.165) is 29.7 Å². The summed E-state index contributed by atoms with van der Waals surface area (Å²) in [7, 11) is 0. The summed E-state index contributed by atoms with van der Waals surface area (Å²) in [4.78, 5) is 0. The van der Waals surface area contributed by atoms with E-state index in [1.54, 1.807) is 6.07 Å². The van der Waals surface area contributed by atoms with Gasteiger partial charge in [0.1, 0.15) is 5.82 Å². The molecular weight excluding hydrogens is 213 g/mol. The average Bonchev–Trinajstić information content (AvgIpc) is 2.14. The lowest BCUT2D eigenvalue weighted by molar-refractivity contribution is 0.522. The molecule has 0 aliphatic heterocycles. The van der Waals surface area contributed by atoms with Crippen LogP contribution in [0.3, 0.4) is 0 Å². The Morgan fingerprint density at radius 1 is 1.18 bits per heavy atom. The molecule has 0 radical (unpaired) electrons. The van der Waals surface area contributed by atoms with E-state index >= 15 is 0 Å². The van der Waals surface area contributed by atoms with Gasteiger partial charge in [-0.2, -0.15) is 0 Å². The van der Waals surface area contributed by atoms with Crippen LogP contribution in [0.2, 0.25) is 0 Å². The van der Waals surface area contributed by atoms with Gasteiger partial charge in [-0.05, 0) is 55.5 Å². The molecule has 0 saturated carbocycles. The zero-order valence-corrected chi connectivity index (χ0v) is 11.6. The van der Waals surface area contributed by atoms with Crippen LogP contribution in [0.15, 0.2) is 12.1 Å². The molecule has 17 heavy (non-hydrogen) atoms. The minimum Gasteiger partial charge on any atom is -0.315 e. The Bertz CT molecular complexity index is 348. The van der Waals surface area contributed by atoms with Crippen molar-refractivity contribution in [1.29, 1.82) is 0 Å². The minimum atomic E-state index is -0.0560. The molecule has 0 aliphatic carbocycles. The maximum absolute atomic E-state index is 13.9. The zero-order valence-electron chi connectivity index (χ0n) is 11.6. The van der Waals surface area contributed by atoms with Crippen LogP contribution >= 0.6 is 0 Å². The van der Waals surface area contributed by atoms with Crippen LogP contribution in [0.5, 0.6) is 0 Å². The number of halogens is 1. The topological polar surface area (TPSA) is 12.0 Å². The summed E-state index contributed by atoms with van der Waals surface area (Å²) in [5, 5.41) is 3.37. The Morgan fingerprint density at radius 3 is 2.35 bits per heavy atom. The van der Waals surface area contributed by atoms with E-state index in [1.807, 2.05) is 13.8 Å². The number of rotatable bonds is 5. The fourth-order valence-electron chi connectivity index (χ4n) is 2.28. The van der Waals surface area contributed by atoms with Crippen molar-refractivity contribution in [3.63, 3.8) is 0 Å². The van der Waals surface area contributed by atoms with Gasteiger partial charge in [0.15, 0.2) is 0 Å². The molecule has 1 nitrogen and oxygen atoms in total. The van der Waals surface area contributed by atoms with E-state index in [0.29, 0.717) is 6.04 Å². The Balaban J connectivity index is 2.72. The highest BCUT2D eigenvalue weighted by atomic mass is 19.1. The first-order valence-corrected chi connectivity index (χ1v) is 6.41. The quantitative estimate of drug-likeness (QED) is 0.818. The van der Waals surface area contributed by atoms with Crippen molar-refractivity contribution in [2.75, 3.05) is 6.54 Å². The van der Waals surface area contributed by atoms with Gasteiger partial charge in [0.2, 0.25) is 0 Å². The molecule has 1 aromatic rings. The molecule has 0 spiro atoms. The normalized spacial score (nSPS) is 13.1. The van der Waals surface area contributed by atoms with Crippen LogP contribution in [0, 0.1) is 19.7 Å². The van der Waals surface area contributed by atoms with E-state index < -0.39 is 0 Å². The second-order valence-corrected chi connectivity index (χ2v) is 5.28. The maximum Gasteiger partial charge on any atom is 0.127 e. The van der Waals surface area contributed by atoms with Gasteiger partial charge in [0.25, 0.3) is 0 Å². The third kappa shape index (κ3) is 4.12. The number of hydrogen-bond donors (Lipinski definition) is 1. The van der Waals surface area contributed by atoms with Crippen LogP contribution in [-0.4, -0.2) is 12.6 Å². The van der Waals surface area contributed by atoms with E-state index in [-0.39, 0.29) is 11.7 Å². The molecule has 1 unspecified atom stereocenters. The molecular formula is C15H24FN. The van der Waals surface area contributed by atoms with Crippen LogP contribution in [0.4, 0.5) is 4.39 Å². The number of aryl methyl sites for hydroxylation is 2. The lowest BCUT2D eigenvalue weighted by Crippen LogP contribution is -2.24. The van der Waals surface area contributed by atoms with Gasteiger partial charge in [-0.15, -0.1) is 0 Å². The van der Waals surface area contributed by atoms with Gasteiger partial charge < -0.3 is 5.32 Å². The molecule has 0 aliphatic rings. The first-order valence-electron chi connectivity index (χ1n) is 6.41. The van der Waals surface area contributed by atoms with Gasteiger partial charge in [0.05, 0.1) is 0 Å². The molecule has 0 heterocycles. The number of benzene rings is 1. The molecule has 0 saturated heterocycles. The van der Waals surface area contributed by atoms with Crippen LogP contribution in [0.25, 0.3) is 0 Å². The molecule has 96 valence electrons. The highest BCUT2D eigenvalue weighted by molar-refractivity contribution is 5.34. The highest BCUT2D eigenvalue weighted by Gasteiger charge is 2.14. The zero-order chi connectivity index (χ0) is 13.0. The predicted octanol–water partition coefficient (Wildman–Crippen LogP) is 3.93. The lowest BCUT2D eigenvalue weighted by Gasteiger charge is -2.17. The summed E-state index contributed by atoms with van der Waals surface area (Å²) in [6, 6.07) is 4.19. The van der Waals surface area contributed by atoms with Crippen molar-refractivity contribution in [3.05, 3.63) is 34.6 Å². The maximum atomic E-state index is 13.9. The third-order valence-electron chi connectivity index (χ3n) is 3.10. The van der Waals surface area contributed by atoms with Crippen LogP contribution < -0.4 is 5.32 Å². The first kappa shape index (κ1) is 14.2. The predicted molar refractivity (Wildman–Crippen MR) is 72.0 cm³/mol. The van der Waals surface area contributed by atoms with Crippen molar-refractivity contribution in [2.45, 2.75) is 53.0 Å². The Labute approximate surface area is 104 Å². The summed E-state index contributed by atoms with van der Waals surface area (Å²) in [6.45, 7) is 11.2. The molecule has 0 fully saturated rings. The Morgan fingerprint density at radius 2 is 1.82 bits per heavy atom. The number of nitrogens with one attached hydrogen (secondary N) is 1. The van der Waals surface area contributed by atoms with E-state index in [9.17, 15) is 4.39 Å². The van der Waals surface area contributed by atoms with Gasteiger partial charge in [-0.25, -0.2) is 4.39 Å². The van der Waals surface area contributed by atoms with E-state index in [4.69, 9.17) is 0 Å². The number of hydrogen-bond acceptors (Lipinski definition) is 1. The standard InChI is InChI=1S/C15H24FN/c1-10(2)17-7-6-12(4)15-13(5)8-11(3)9-14(15)16/h8-10,12,17H,6-7H2,1-5H3. The molecule has 0 bridgehead atoms. The fourth-order valence-corrected chi connectivity index (χ4v) is 2.28. The van der Waals surface area contributed by atoms with Gasteiger partial charge in [-0.3, -0.25) is 0 Å². The minimum absolute atomic E-state index is 0.0560.